The molecule has 0 fully saturated rings. The molecule has 2 rings (SSSR count). The molecule has 0 saturated carbocycles. The van der Waals surface area contributed by atoms with Crippen LogP contribution in [0.5, 0.6) is 0 Å². The number of hydrogen-bond acceptors (Lipinski definition) is 1. The number of hydrogen-bond donors (Lipinski definition) is 1. The number of benzene rings is 2. The quantitative estimate of drug-likeness (QED) is 0.624. The largest absolute Gasteiger partial charge is 0.306 e. The van der Waals surface area contributed by atoms with Crippen LogP contribution >= 0.6 is 43.5 Å². The second-order valence-electron chi connectivity index (χ2n) is 4.28. The minimum Gasteiger partial charge on any atom is -0.306 e. The van der Waals surface area contributed by atoms with Gasteiger partial charge in [-0.2, -0.15) is 0 Å². The lowest BCUT2D eigenvalue weighted by molar-refractivity contribution is 0.558. The third kappa shape index (κ3) is 3.25. The zero-order valence-corrected chi connectivity index (χ0v) is 14.7. The lowest BCUT2D eigenvalue weighted by atomic mass is 9.98. The smallest absolute Gasteiger partial charge is 0.148 e. The van der Waals surface area contributed by atoms with Gasteiger partial charge in [0, 0.05) is 14.5 Å². The standard InChI is InChI=1S/C15H13Br2ClFN/c1-2-20-15(9-5-3-4-6-11(9)16)10-7-8-12(17)13(18)14(10)19/h3-8,15,20H,2H2,1H3. The van der Waals surface area contributed by atoms with Gasteiger partial charge in [0.15, 0.2) is 0 Å². The van der Waals surface area contributed by atoms with Crippen LogP contribution in [0, 0.1) is 5.82 Å². The van der Waals surface area contributed by atoms with Gasteiger partial charge < -0.3 is 5.32 Å². The summed E-state index contributed by atoms with van der Waals surface area (Å²) in [6.07, 6.45) is 0. The van der Waals surface area contributed by atoms with E-state index in [-0.39, 0.29) is 11.1 Å². The highest BCUT2D eigenvalue weighted by atomic mass is 79.9. The lowest BCUT2D eigenvalue weighted by Crippen LogP contribution is -2.23. The number of rotatable bonds is 4. The maximum atomic E-state index is 14.4. The molecule has 1 unspecified atom stereocenters. The Bertz CT molecular complexity index is 619. The fourth-order valence-corrected chi connectivity index (χ4v) is 3.06. The highest BCUT2D eigenvalue weighted by molar-refractivity contribution is 9.10. The van der Waals surface area contributed by atoms with Gasteiger partial charge in [0.25, 0.3) is 0 Å². The van der Waals surface area contributed by atoms with Crippen molar-refractivity contribution in [3.8, 4) is 0 Å². The highest BCUT2D eigenvalue weighted by Gasteiger charge is 2.21. The summed E-state index contributed by atoms with van der Waals surface area (Å²) in [4.78, 5) is 0. The Morgan fingerprint density at radius 2 is 1.80 bits per heavy atom. The Morgan fingerprint density at radius 3 is 2.45 bits per heavy atom. The molecule has 0 bridgehead atoms. The predicted molar refractivity (Wildman–Crippen MR) is 88.8 cm³/mol. The molecule has 106 valence electrons. The first kappa shape index (κ1) is 16.0. The Morgan fingerprint density at radius 1 is 1.10 bits per heavy atom. The monoisotopic (exact) mass is 419 g/mol. The van der Waals surface area contributed by atoms with E-state index >= 15 is 0 Å². The first-order valence-electron chi connectivity index (χ1n) is 6.17. The van der Waals surface area contributed by atoms with Gasteiger partial charge in [-0.3, -0.25) is 0 Å². The first-order chi connectivity index (χ1) is 9.56. The molecule has 0 aliphatic rings. The van der Waals surface area contributed by atoms with E-state index in [0.29, 0.717) is 10.0 Å². The minimum atomic E-state index is -0.400. The van der Waals surface area contributed by atoms with Crippen molar-refractivity contribution in [2.45, 2.75) is 13.0 Å². The van der Waals surface area contributed by atoms with Crippen molar-refractivity contribution in [2.24, 2.45) is 0 Å². The summed E-state index contributed by atoms with van der Waals surface area (Å²) in [5.41, 5.74) is 1.51. The van der Waals surface area contributed by atoms with E-state index in [1.165, 1.54) is 0 Å². The summed E-state index contributed by atoms with van der Waals surface area (Å²) in [5.74, 6) is -0.400. The Kier molecular flexibility index (Phi) is 5.61. The average Bonchev–Trinajstić information content (AvgIpc) is 2.44. The molecule has 1 nitrogen and oxygen atoms in total. The van der Waals surface area contributed by atoms with Gasteiger partial charge >= 0.3 is 0 Å². The van der Waals surface area contributed by atoms with Crippen LogP contribution in [0.25, 0.3) is 0 Å². The molecule has 0 radical (unpaired) electrons. The van der Waals surface area contributed by atoms with E-state index in [2.05, 4.69) is 37.2 Å². The average molecular weight is 422 g/mol. The van der Waals surface area contributed by atoms with Crippen molar-refractivity contribution in [1.82, 2.24) is 5.32 Å². The van der Waals surface area contributed by atoms with E-state index < -0.39 is 5.82 Å². The van der Waals surface area contributed by atoms with E-state index in [1.54, 1.807) is 12.1 Å². The second kappa shape index (κ2) is 7.03. The van der Waals surface area contributed by atoms with Gasteiger partial charge in [0.05, 0.1) is 11.1 Å². The number of nitrogens with one attached hydrogen (secondary N) is 1. The topological polar surface area (TPSA) is 12.0 Å². The van der Waals surface area contributed by atoms with Crippen LogP contribution in [0.15, 0.2) is 45.3 Å². The van der Waals surface area contributed by atoms with Gasteiger partial charge in [0.2, 0.25) is 0 Å². The van der Waals surface area contributed by atoms with Crippen LogP contribution in [-0.2, 0) is 0 Å². The van der Waals surface area contributed by atoms with E-state index in [0.717, 1.165) is 16.6 Å². The molecule has 5 heteroatoms. The Balaban J connectivity index is 2.55. The van der Waals surface area contributed by atoms with Crippen LogP contribution in [0.1, 0.15) is 24.1 Å². The molecule has 0 aliphatic heterocycles. The van der Waals surface area contributed by atoms with E-state index in [9.17, 15) is 4.39 Å². The van der Waals surface area contributed by atoms with Gasteiger partial charge in [-0.1, -0.05) is 58.7 Å². The summed E-state index contributed by atoms with van der Waals surface area (Å²) in [7, 11) is 0. The first-order valence-corrected chi connectivity index (χ1v) is 8.13. The summed E-state index contributed by atoms with van der Waals surface area (Å²) < 4.78 is 15.9. The van der Waals surface area contributed by atoms with Crippen LogP contribution in [-0.4, -0.2) is 6.54 Å². The van der Waals surface area contributed by atoms with Gasteiger partial charge in [-0.15, -0.1) is 0 Å². The third-order valence-corrected chi connectivity index (χ3v) is 4.98. The molecule has 0 spiro atoms. The van der Waals surface area contributed by atoms with Crippen molar-refractivity contribution in [3.63, 3.8) is 0 Å². The summed E-state index contributed by atoms with van der Waals surface area (Å²) in [6.45, 7) is 2.71. The molecule has 1 atom stereocenters. The predicted octanol–water partition coefficient (Wildman–Crippen LogP) is 5.70. The minimum absolute atomic E-state index is 0.109. The zero-order chi connectivity index (χ0) is 14.7. The molecule has 0 aliphatic carbocycles. The fraction of sp³-hybridized carbons (Fsp3) is 0.200. The van der Waals surface area contributed by atoms with Crippen LogP contribution in [0.2, 0.25) is 5.02 Å². The maximum Gasteiger partial charge on any atom is 0.148 e. The molecule has 20 heavy (non-hydrogen) atoms. The van der Waals surface area contributed by atoms with Crippen molar-refractivity contribution in [1.29, 1.82) is 0 Å². The second-order valence-corrected chi connectivity index (χ2v) is 6.36. The van der Waals surface area contributed by atoms with Gasteiger partial charge in [-0.05, 0) is 40.2 Å². The summed E-state index contributed by atoms with van der Waals surface area (Å²) in [6, 6.07) is 11.0. The molecule has 2 aromatic rings. The van der Waals surface area contributed by atoms with Crippen molar-refractivity contribution < 1.29 is 4.39 Å². The summed E-state index contributed by atoms with van der Waals surface area (Å²) >= 11 is 12.7. The van der Waals surface area contributed by atoms with E-state index in [1.807, 2.05) is 31.2 Å². The van der Waals surface area contributed by atoms with Gasteiger partial charge in [0.1, 0.15) is 5.82 Å². The van der Waals surface area contributed by atoms with Gasteiger partial charge in [-0.25, -0.2) is 4.39 Å². The SMILES string of the molecule is CCNC(c1ccccc1Br)c1ccc(Br)c(Cl)c1F. The molecular formula is C15H13Br2ClFN. The lowest BCUT2D eigenvalue weighted by Gasteiger charge is -2.21. The Hall–Kier alpha value is -0.420. The van der Waals surface area contributed by atoms with Crippen LogP contribution in [0.4, 0.5) is 4.39 Å². The van der Waals surface area contributed by atoms with E-state index in [4.69, 9.17) is 11.6 Å². The van der Waals surface area contributed by atoms with Crippen LogP contribution < -0.4 is 5.32 Å². The van der Waals surface area contributed by atoms with Crippen molar-refractivity contribution >= 4 is 43.5 Å². The maximum absolute atomic E-state index is 14.4. The zero-order valence-electron chi connectivity index (χ0n) is 10.8. The fourth-order valence-electron chi connectivity index (χ4n) is 2.06. The van der Waals surface area contributed by atoms with Crippen molar-refractivity contribution in [2.75, 3.05) is 6.54 Å². The molecule has 0 heterocycles. The third-order valence-electron chi connectivity index (χ3n) is 3.00. The molecular weight excluding hydrogens is 408 g/mol. The van der Waals surface area contributed by atoms with Crippen molar-refractivity contribution in [3.05, 3.63) is 67.3 Å². The molecule has 2 aromatic carbocycles. The Labute approximate surface area is 139 Å². The summed E-state index contributed by atoms with van der Waals surface area (Å²) in [5, 5.41) is 3.41. The molecule has 0 aromatic heterocycles. The van der Waals surface area contributed by atoms with Crippen LogP contribution in [0.3, 0.4) is 0 Å². The molecule has 0 saturated heterocycles. The molecule has 1 N–H and O–H groups in total. The highest BCUT2D eigenvalue weighted by Crippen LogP contribution is 2.35. The number of halogens is 4. The molecule has 0 amide bonds. The normalized spacial score (nSPS) is 12.4.